The number of carbonyl (C=O) groups is 1. The highest BCUT2D eigenvalue weighted by Gasteiger charge is 2.39. The van der Waals surface area contributed by atoms with Crippen LogP contribution >= 0.6 is 0 Å². The lowest BCUT2D eigenvalue weighted by Gasteiger charge is -2.35. The molecule has 0 spiro atoms. The third kappa shape index (κ3) is 6.67. The van der Waals surface area contributed by atoms with Gasteiger partial charge in [0.05, 0.1) is 12.0 Å². The van der Waals surface area contributed by atoms with E-state index in [1.807, 2.05) is 6.07 Å². The zero-order valence-electron chi connectivity index (χ0n) is 18.1. The molecule has 1 saturated heterocycles. The van der Waals surface area contributed by atoms with Crippen molar-refractivity contribution < 1.29 is 34.3 Å². The fraction of sp³-hybridized carbons (Fsp3) is 0.682. The molecule has 7 nitrogen and oxygen atoms in total. The first kappa shape index (κ1) is 23.6. The minimum atomic E-state index is -1.37. The number of hydrogen-bond donors (Lipinski definition) is 3. The Morgan fingerprint density at radius 3 is 2.34 bits per heavy atom. The molecular weight excluding hydrogens is 376 g/mol. The smallest absolute Gasteiger partial charge is 0.311 e. The number of benzene rings is 1. The summed E-state index contributed by atoms with van der Waals surface area (Å²) in [5, 5.41) is 29.6. The first-order chi connectivity index (χ1) is 13.3. The Kier molecular flexibility index (Phi) is 7.32. The van der Waals surface area contributed by atoms with E-state index in [0.29, 0.717) is 12.2 Å². The molecule has 7 heteroatoms. The SMILES string of the molecule is CC(C)(C)Cc1cc(COC(=O)C(C)(C)C)ccc1O[C@H]1OC[C@@H](O)[C@H](O)[C@H]1O. The van der Waals surface area contributed by atoms with E-state index in [4.69, 9.17) is 14.2 Å². The van der Waals surface area contributed by atoms with Gasteiger partial charge in [-0.1, -0.05) is 26.8 Å². The third-order valence-electron chi connectivity index (χ3n) is 4.53. The molecule has 0 saturated carbocycles. The van der Waals surface area contributed by atoms with Crippen molar-refractivity contribution in [1.82, 2.24) is 0 Å². The maximum atomic E-state index is 12.0. The highest BCUT2D eigenvalue weighted by atomic mass is 16.7. The van der Waals surface area contributed by atoms with E-state index in [1.165, 1.54) is 0 Å². The predicted molar refractivity (Wildman–Crippen MR) is 107 cm³/mol. The van der Waals surface area contributed by atoms with Crippen molar-refractivity contribution in [3.05, 3.63) is 29.3 Å². The van der Waals surface area contributed by atoms with Gasteiger partial charge < -0.3 is 29.5 Å². The van der Waals surface area contributed by atoms with Gasteiger partial charge in [-0.25, -0.2) is 0 Å². The number of hydrogen-bond acceptors (Lipinski definition) is 7. The summed E-state index contributed by atoms with van der Waals surface area (Å²) < 4.78 is 16.6. The number of aliphatic hydroxyl groups is 3. The molecule has 1 aromatic carbocycles. The van der Waals surface area contributed by atoms with Gasteiger partial charge in [-0.2, -0.15) is 0 Å². The molecule has 0 aromatic heterocycles. The molecule has 4 atom stereocenters. The molecule has 1 aromatic rings. The summed E-state index contributed by atoms with van der Waals surface area (Å²) in [6, 6.07) is 5.45. The van der Waals surface area contributed by atoms with Crippen molar-refractivity contribution in [3.63, 3.8) is 0 Å². The molecule has 0 unspecified atom stereocenters. The van der Waals surface area contributed by atoms with Crippen LogP contribution < -0.4 is 4.74 Å². The van der Waals surface area contributed by atoms with Gasteiger partial charge in [0.25, 0.3) is 0 Å². The number of ether oxygens (including phenoxy) is 3. The Balaban J connectivity index is 2.19. The van der Waals surface area contributed by atoms with Crippen LogP contribution in [0.2, 0.25) is 0 Å². The molecule has 1 heterocycles. The zero-order valence-corrected chi connectivity index (χ0v) is 18.1. The van der Waals surface area contributed by atoms with Crippen LogP contribution in [-0.4, -0.2) is 52.5 Å². The fourth-order valence-corrected chi connectivity index (χ4v) is 2.92. The Labute approximate surface area is 172 Å². The monoisotopic (exact) mass is 410 g/mol. The number of aliphatic hydroxyl groups excluding tert-OH is 3. The summed E-state index contributed by atoms with van der Waals surface area (Å²) in [6.45, 7) is 11.7. The maximum absolute atomic E-state index is 12.0. The largest absolute Gasteiger partial charge is 0.462 e. The molecular formula is C22H34O7. The van der Waals surface area contributed by atoms with Gasteiger partial charge in [0, 0.05) is 0 Å². The second-order valence-electron chi connectivity index (χ2n) is 9.87. The zero-order chi connectivity index (χ0) is 22.0. The van der Waals surface area contributed by atoms with E-state index >= 15 is 0 Å². The van der Waals surface area contributed by atoms with Crippen molar-refractivity contribution in [2.45, 2.75) is 79.2 Å². The normalized spacial score (nSPS) is 25.6. The Bertz CT molecular complexity index is 702. The standard InChI is InChI=1S/C22H34O7/c1-21(2,3)10-14-9-13(11-28-20(26)22(4,5)6)7-8-16(14)29-19-18(25)17(24)15(23)12-27-19/h7-9,15,17-19,23-25H,10-12H2,1-6H3/t15-,17+,18-,19-/m1/s1. The molecule has 0 aliphatic carbocycles. The van der Waals surface area contributed by atoms with Gasteiger partial charge >= 0.3 is 5.97 Å². The highest BCUT2D eigenvalue weighted by molar-refractivity contribution is 5.75. The van der Waals surface area contributed by atoms with E-state index in [1.54, 1.807) is 32.9 Å². The molecule has 1 aliphatic heterocycles. The molecule has 0 bridgehead atoms. The van der Waals surface area contributed by atoms with E-state index < -0.39 is 30.0 Å². The van der Waals surface area contributed by atoms with Gasteiger partial charge in [0.1, 0.15) is 30.7 Å². The summed E-state index contributed by atoms with van der Waals surface area (Å²) in [6.07, 6.45) is -4.27. The summed E-state index contributed by atoms with van der Waals surface area (Å²) in [5.41, 5.74) is 1.09. The lowest BCUT2D eigenvalue weighted by atomic mass is 9.87. The van der Waals surface area contributed by atoms with Crippen LogP contribution in [0.3, 0.4) is 0 Å². The Morgan fingerprint density at radius 1 is 1.10 bits per heavy atom. The molecule has 164 valence electrons. The van der Waals surface area contributed by atoms with Gasteiger partial charge in [-0.05, 0) is 55.9 Å². The van der Waals surface area contributed by atoms with Crippen molar-refractivity contribution in [2.24, 2.45) is 10.8 Å². The van der Waals surface area contributed by atoms with E-state index in [-0.39, 0.29) is 24.6 Å². The molecule has 29 heavy (non-hydrogen) atoms. The predicted octanol–water partition coefficient (Wildman–Crippen LogP) is 2.18. The Morgan fingerprint density at radius 2 is 1.76 bits per heavy atom. The molecule has 2 rings (SSSR count). The average molecular weight is 411 g/mol. The van der Waals surface area contributed by atoms with E-state index in [0.717, 1.165) is 11.1 Å². The van der Waals surface area contributed by atoms with Crippen molar-refractivity contribution in [1.29, 1.82) is 0 Å². The van der Waals surface area contributed by atoms with Crippen molar-refractivity contribution >= 4 is 5.97 Å². The second-order valence-corrected chi connectivity index (χ2v) is 9.87. The van der Waals surface area contributed by atoms with Crippen molar-refractivity contribution in [2.75, 3.05) is 6.61 Å². The third-order valence-corrected chi connectivity index (χ3v) is 4.53. The van der Waals surface area contributed by atoms with Gasteiger partial charge in [0.15, 0.2) is 0 Å². The fourth-order valence-electron chi connectivity index (χ4n) is 2.92. The van der Waals surface area contributed by atoms with E-state index in [9.17, 15) is 20.1 Å². The van der Waals surface area contributed by atoms with Crippen LogP contribution in [0.1, 0.15) is 52.7 Å². The molecule has 3 N–H and O–H groups in total. The Hall–Kier alpha value is -1.67. The van der Waals surface area contributed by atoms with E-state index in [2.05, 4.69) is 20.8 Å². The molecule has 1 aliphatic rings. The summed E-state index contributed by atoms with van der Waals surface area (Å²) >= 11 is 0. The lowest BCUT2D eigenvalue weighted by Crippen LogP contribution is -2.54. The van der Waals surface area contributed by atoms with Gasteiger partial charge in [-0.15, -0.1) is 0 Å². The summed E-state index contributed by atoms with van der Waals surface area (Å²) in [4.78, 5) is 12.0. The van der Waals surface area contributed by atoms with Crippen LogP contribution in [0.15, 0.2) is 18.2 Å². The second kappa shape index (κ2) is 9.00. The summed E-state index contributed by atoms with van der Waals surface area (Å²) in [7, 11) is 0. The number of carbonyl (C=O) groups excluding carboxylic acids is 1. The quantitative estimate of drug-likeness (QED) is 0.639. The first-order valence-electron chi connectivity index (χ1n) is 9.89. The topological polar surface area (TPSA) is 105 Å². The maximum Gasteiger partial charge on any atom is 0.311 e. The average Bonchev–Trinajstić information content (AvgIpc) is 2.59. The number of esters is 1. The van der Waals surface area contributed by atoms with Gasteiger partial charge in [-0.3, -0.25) is 4.79 Å². The van der Waals surface area contributed by atoms with Crippen LogP contribution in [-0.2, 0) is 27.3 Å². The van der Waals surface area contributed by atoms with Crippen LogP contribution in [0.5, 0.6) is 5.75 Å². The lowest BCUT2D eigenvalue weighted by molar-refractivity contribution is -0.242. The molecule has 1 fully saturated rings. The van der Waals surface area contributed by atoms with Crippen LogP contribution in [0.25, 0.3) is 0 Å². The minimum Gasteiger partial charge on any atom is -0.462 e. The number of rotatable bonds is 5. The van der Waals surface area contributed by atoms with Crippen LogP contribution in [0.4, 0.5) is 0 Å². The minimum absolute atomic E-state index is 0.0411. The highest BCUT2D eigenvalue weighted by Crippen LogP contribution is 2.31. The molecule has 0 amide bonds. The summed E-state index contributed by atoms with van der Waals surface area (Å²) in [5.74, 6) is 0.236. The van der Waals surface area contributed by atoms with Crippen molar-refractivity contribution in [3.8, 4) is 5.75 Å². The van der Waals surface area contributed by atoms with Crippen LogP contribution in [0, 0.1) is 10.8 Å². The first-order valence-corrected chi connectivity index (χ1v) is 9.89. The molecule has 0 radical (unpaired) electrons. The van der Waals surface area contributed by atoms with Gasteiger partial charge in [0.2, 0.25) is 6.29 Å².